The summed E-state index contributed by atoms with van der Waals surface area (Å²) in [7, 11) is -3.89. The standard InChI is InChI=1S/C30H34N2O4S/c1-4-26(24-13-12-22-7-5-6-8-23(22)18-24)31-30(33)29-19-32(27-16-11-21(3)17-28(27)36-29)37(34,35)25-14-9-20(2)10-15-25/h9-18,26,29H,4-8,19H2,1-3H3,(H,31,33). The molecule has 6 nitrogen and oxygen atoms in total. The van der Waals surface area contributed by atoms with Crippen LogP contribution in [0.3, 0.4) is 0 Å². The van der Waals surface area contributed by atoms with Crippen LogP contribution in [0.15, 0.2) is 65.6 Å². The minimum absolute atomic E-state index is 0.0985. The summed E-state index contributed by atoms with van der Waals surface area (Å²) >= 11 is 0. The molecule has 1 N–H and O–H groups in total. The minimum atomic E-state index is -3.89. The van der Waals surface area contributed by atoms with Crippen LogP contribution in [0.2, 0.25) is 0 Å². The second kappa shape index (κ2) is 10.2. The molecule has 1 amide bonds. The minimum Gasteiger partial charge on any atom is -0.476 e. The van der Waals surface area contributed by atoms with Gasteiger partial charge in [0, 0.05) is 0 Å². The van der Waals surface area contributed by atoms with E-state index in [9.17, 15) is 13.2 Å². The summed E-state index contributed by atoms with van der Waals surface area (Å²) in [5, 5.41) is 3.14. The third kappa shape index (κ3) is 5.10. The van der Waals surface area contributed by atoms with Gasteiger partial charge in [-0.2, -0.15) is 0 Å². The van der Waals surface area contributed by atoms with Gasteiger partial charge < -0.3 is 10.1 Å². The van der Waals surface area contributed by atoms with Gasteiger partial charge in [-0.05, 0) is 92.5 Å². The highest BCUT2D eigenvalue weighted by Crippen LogP contribution is 2.38. The Morgan fingerprint density at radius 3 is 2.41 bits per heavy atom. The summed E-state index contributed by atoms with van der Waals surface area (Å²) in [6.45, 7) is 5.77. The number of amides is 1. The number of ether oxygens (including phenoxy) is 1. The molecule has 0 aromatic heterocycles. The maximum absolute atomic E-state index is 13.7. The van der Waals surface area contributed by atoms with Crippen LogP contribution in [0, 0.1) is 13.8 Å². The Labute approximate surface area is 219 Å². The summed E-state index contributed by atoms with van der Waals surface area (Å²) in [5.41, 5.74) is 6.18. The van der Waals surface area contributed by atoms with Crippen LogP contribution in [-0.2, 0) is 27.7 Å². The van der Waals surface area contributed by atoms with Gasteiger partial charge in [0.2, 0.25) is 0 Å². The third-order valence-corrected chi connectivity index (χ3v) is 9.18. The number of benzene rings is 3. The SMILES string of the molecule is CCC(NC(=O)C1CN(S(=O)(=O)c2ccc(C)cc2)c2ccc(C)cc2O1)c1ccc2c(c1)CCCC2. The molecule has 0 radical (unpaired) electrons. The molecule has 2 unspecified atom stereocenters. The highest BCUT2D eigenvalue weighted by atomic mass is 32.2. The molecule has 5 rings (SSSR count). The zero-order valence-corrected chi connectivity index (χ0v) is 22.5. The van der Waals surface area contributed by atoms with E-state index in [4.69, 9.17) is 4.74 Å². The smallest absolute Gasteiger partial charge is 0.264 e. The number of nitrogens with zero attached hydrogens (tertiary/aromatic N) is 1. The lowest BCUT2D eigenvalue weighted by atomic mass is 9.88. The van der Waals surface area contributed by atoms with Crippen molar-refractivity contribution in [1.29, 1.82) is 0 Å². The number of aryl methyl sites for hydroxylation is 4. The van der Waals surface area contributed by atoms with Gasteiger partial charge in [-0.15, -0.1) is 0 Å². The average Bonchev–Trinajstić information content (AvgIpc) is 2.90. The van der Waals surface area contributed by atoms with Crippen molar-refractivity contribution < 1.29 is 17.9 Å². The first kappa shape index (κ1) is 25.3. The topological polar surface area (TPSA) is 75.7 Å². The summed E-state index contributed by atoms with van der Waals surface area (Å²) in [5.74, 6) is 0.0738. The molecule has 3 aromatic rings. The number of hydrogen-bond acceptors (Lipinski definition) is 4. The van der Waals surface area contributed by atoms with Crippen LogP contribution in [-0.4, -0.2) is 27.0 Å². The van der Waals surface area contributed by atoms with E-state index in [0.717, 1.165) is 36.0 Å². The lowest BCUT2D eigenvalue weighted by molar-refractivity contribution is -0.128. The highest BCUT2D eigenvalue weighted by molar-refractivity contribution is 7.92. The molecule has 3 aromatic carbocycles. The number of carbonyl (C=O) groups is 1. The van der Waals surface area contributed by atoms with Gasteiger partial charge >= 0.3 is 0 Å². The summed E-state index contributed by atoms with van der Waals surface area (Å²) in [6.07, 6.45) is 4.35. The second-order valence-electron chi connectivity index (χ2n) is 10.1. The zero-order valence-electron chi connectivity index (χ0n) is 21.7. The first-order chi connectivity index (χ1) is 17.8. The molecule has 37 heavy (non-hydrogen) atoms. The number of sulfonamides is 1. The van der Waals surface area contributed by atoms with Crippen molar-refractivity contribution in [2.45, 2.75) is 69.9 Å². The van der Waals surface area contributed by atoms with E-state index in [1.54, 1.807) is 36.4 Å². The largest absolute Gasteiger partial charge is 0.476 e. The summed E-state index contributed by atoms with van der Waals surface area (Å²) in [6, 6.07) is 18.5. The second-order valence-corrected chi connectivity index (χ2v) is 12.0. The van der Waals surface area contributed by atoms with Crippen molar-refractivity contribution >= 4 is 21.6 Å². The molecule has 1 aliphatic carbocycles. The average molecular weight is 519 g/mol. The van der Waals surface area contributed by atoms with Gasteiger partial charge in [0.1, 0.15) is 5.75 Å². The molecule has 0 saturated carbocycles. The Morgan fingerprint density at radius 2 is 1.68 bits per heavy atom. The molecule has 0 spiro atoms. The van der Waals surface area contributed by atoms with Gasteiger partial charge in [0.15, 0.2) is 6.10 Å². The van der Waals surface area contributed by atoms with Gasteiger partial charge in [0.05, 0.1) is 23.2 Å². The van der Waals surface area contributed by atoms with Crippen molar-refractivity contribution in [3.8, 4) is 5.75 Å². The predicted octanol–water partition coefficient (Wildman–Crippen LogP) is 5.41. The van der Waals surface area contributed by atoms with Crippen LogP contribution >= 0.6 is 0 Å². The molecular weight excluding hydrogens is 484 g/mol. The zero-order chi connectivity index (χ0) is 26.2. The van der Waals surface area contributed by atoms with Crippen molar-refractivity contribution in [2.75, 3.05) is 10.8 Å². The van der Waals surface area contributed by atoms with Crippen LogP contribution in [0.5, 0.6) is 5.75 Å². The van der Waals surface area contributed by atoms with Gasteiger partial charge in [-0.25, -0.2) is 8.42 Å². The predicted molar refractivity (Wildman–Crippen MR) is 146 cm³/mol. The molecule has 1 aliphatic heterocycles. The molecular formula is C30H34N2O4S. The van der Waals surface area contributed by atoms with Crippen molar-refractivity contribution in [2.24, 2.45) is 0 Å². The van der Waals surface area contributed by atoms with Crippen molar-refractivity contribution in [1.82, 2.24) is 5.32 Å². The first-order valence-corrected chi connectivity index (χ1v) is 14.5. The van der Waals surface area contributed by atoms with Gasteiger partial charge in [-0.3, -0.25) is 9.10 Å². The maximum Gasteiger partial charge on any atom is 0.264 e. The lowest BCUT2D eigenvalue weighted by Crippen LogP contribution is -2.51. The van der Waals surface area contributed by atoms with E-state index in [-0.39, 0.29) is 23.4 Å². The highest BCUT2D eigenvalue weighted by Gasteiger charge is 2.38. The van der Waals surface area contributed by atoms with Gasteiger partial charge in [0.25, 0.3) is 15.9 Å². The van der Waals surface area contributed by atoms with E-state index in [1.165, 1.54) is 28.3 Å². The summed E-state index contributed by atoms with van der Waals surface area (Å²) in [4.78, 5) is 13.7. The molecule has 194 valence electrons. The molecule has 7 heteroatoms. The van der Waals surface area contributed by atoms with Crippen LogP contribution in [0.25, 0.3) is 0 Å². The molecule has 0 saturated heterocycles. The fourth-order valence-corrected chi connectivity index (χ4v) is 6.69. The van der Waals surface area contributed by atoms with E-state index in [1.807, 2.05) is 26.8 Å². The third-order valence-electron chi connectivity index (χ3n) is 7.39. The van der Waals surface area contributed by atoms with Crippen molar-refractivity contribution in [3.63, 3.8) is 0 Å². The monoisotopic (exact) mass is 518 g/mol. The van der Waals surface area contributed by atoms with E-state index in [2.05, 4.69) is 23.5 Å². The Hall–Kier alpha value is -3.32. The number of hydrogen-bond donors (Lipinski definition) is 1. The molecule has 2 atom stereocenters. The Bertz CT molecular complexity index is 1420. The number of fused-ring (bicyclic) bond motifs is 2. The number of anilines is 1. The quantitative estimate of drug-likeness (QED) is 0.474. The molecule has 2 aliphatic rings. The lowest BCUT2D eigenvalue weighted by Gasteiger charge is -2.35. The first-order valence-electron chi connectivity index (χ1n) is 13.0. The van der Waals surface area contributed by atoms with Gasteiger partial charge in [-0.1, -0.05) is 48.9 Å². The fourth-order valence-electron chi connectivity index (χ4n) is 5.22. The van der Waals surface area contributed by atoms with Crippen LogP contribution in [0.1, 0.15) is 60.0 Å². The van der Waals surface area contributed by atoms with Crippen LogP contribution in [0.4, 0.5) is 5.69 Å². The Balaban J connectivity index is 1.42. The maximum atomic E-state index is 13.7. The molecule has 0 fully saturated rings. The Kier molecular flexibility index (Phi) is 6.99. The number of rotatable bonds is 6. The normalized spacial score (nSPS) is 17.8. The Morgan fingerprint density at radius 1 is 0.973 bits per heavy atom. The van der Waals surface area contributed by atoms with Crippen molar-refractivity contribution in [3.05, 3.63) is 88.5 Å². The number of nitrogens with one attached hydrogen (secondary N) is 1. The fraction of sp³-hybridized carbons (Fsp3) is 0.367. The molecule has 0 bridgehead atoms. The van der Waals surface area contributed by atoms with E-state index >= 15 is 0 Å². The van der Waals surface area contributed by atoms with E-state index in [0.29, 0.717) is 11.4 Å². The number of carbonyl (C=O) groups excluding carboxylic acids is 1. The van der Waals surface area contributed by atoms with E-state index < -0.39 is 16.1 Å². The van der Waals surface area contributed by atoms with Crippen LogP contribution < -0.4 is 14.4 Å². The molecule has 1 heterocycles. The summed E-state index contributed by atoms with van der Waals surface area (Å²) < 4.78 is 34.8.